The zero-order chi connectivity index (χ0) is 17.8. The van der Waals surface area contributed by atoms with Crippen molar-refractivity contribution in [3.63, 3.8) is 0 Å². The summed E-state index contributed by atoms with van der Waals surface area (Å²) < 4.78 is 16.1. The summed E-state index contributed by atoms with van der Waals surface area (Å²) in [6.45, 7) is 1.51. The van der Waals surface area contributed by atoms with E-state index in [9.17, 15) is 4.79 Å². The maximum absolute atomic E-state index is 12.8. The Bertz CT molecular complexity index is 602. The van der Waals surface area contributed by atoms with Gasteiger partial charge in [0, 0.05) is 25.8 Å². The van der Waals surface area contributed by atoms with Crippen LogP contribution < -0.4 is 20.3 Å². The fraction of sp³-hybridized carbons (Fsp3) is 0.611. The van der Waals surface area contributed by atoms with E-state index in [4.69, 9.17) is 14.2 Å². The number of methoxy groups -OCH3 is 3. The minimum absolute atomic E-state index is 0.00415. The first-order valence-corrected chi connectivity index (χ1v) is 8.70. The van der Waals surface area contributed by atoms with Crippen LogP contribution in [0, 0.1) is 0 Å². The summed E-state index contributed by atoms with van der Waals surface area (Å²) in [7, 11) is 5.02. The van der Waals surface area contributed by atoms with Crippen molar-refractivity contribution in [1.82, 2.24) is 15.8 Å². The highest BCUT2D eigenvalue weighted by Crippen LogP contribution is 2.33. The van der Waals surface area contributed by atoms with Crippen molar-refractivity contribution in [2.24, 2.45) is 0 Å². The first-order chi connectivity index (χ1) is 12.2. The third-order valence-corrected chi connectivity index (χ3v) is 5.10. The maximum Gasteiger partial charge on any atom is 0.241 e. The number of benzene rings is 1. The van der Waals surface area contributed by atoms with Crippen molar-refractivity contribution < 1.29 is 19.0 Å². The van der Waals surface area contributed by atoms with Gasteiger partial charge in [0.05, 0.1) is 26.4 Å². The third kappa shape index (κ3) is 3.89. The fourth-order valence-electron chi connectivity index (χ4n) is 3.57. The van der Waals surface area contributed by atoms with E-state index in [1.165, 1.54) is 0 Å². The summed E-state index contributed by atoms with van der Waals surface area (Å²) in [6, 6.07) is 5.47. The van der Waals surface area contributed by atoms with Gasteiger partial charge < -0.3 is 19.1 Å². The van der Waals surface area contributed by atoms with E-state index in [0.717, 1.165) is 43.0 Å². The van der Waals surface area contributed by atoms with Crippen LogP contribution in [0.5, 0.6) is 11.5 Å². The minimum Gasteiger partial charge on any atom is -0.497 e. The molecule has 7 heteroatoms. The Morgan fingerprint density at radius 2 is 1.88 bits per heavy atom. The topological polar surface area (TPSA) is 72.1 Å². The molecule has 0 aromatic heterocycles. The molecule has 138 valence electrons. The fourth-order valence-corrected chi connectivity index (χ4v) is 3.57. The SMILES string of the molecule is COc1ccc(OC)c(C2CC(C(=O)N3CCC(OC)CC3)NN2)c1. The highest BCUT2D eigenvalue weighted by atomic mass is 16.5. The molecular weight excluding hydrogens is 322 g/mol. The maximum atomic E-state index is 12.8. The van der Waals surface area contributed by atoms with Crippen LogP contribution in [0.3, 0.4) is 0 Å². The number of hydrazine groups is 1. The lowest BCUT2D eigenvalue weighted by atomic mass is 9.99. The summed E-state index contributed by atoms with van der Waals surface area (Å²) in [5.41, 5.74) is 7.37. The average Bonchev–Trinajstić information content (AvgIpc) is 3.17. The van der Waals surface area contributed by atoms with Gasteiger partial charge in [0.2, 0.25) is 5.91 Å². The number of nitrogens with one attached hydrogen (secondary N) is 2. The van der Waals surface area contributed by atoms with E-state index in [1.54, 1.807) is 21.3 Å². The molecule has 2 aliphatic rings. The molecule has 2 fully saturated rings. The lowest BCUT2D eigenvalue weighted by Gasteiger charge is -2.32. The average molecular weight is 349 g/mol. The number of likely N-dealkylation sites (tertiary alicyclic amines) is 1. The van der Waals surface area contributed by atoms with Crippen molar-refractivity contribution in [2.75, 3.05) is 34.4 Å². The summed E-state index contributed by atoms with van der Waals surface area (Å²) in [5.74, 6) is 1.70. The number of piperidine rings is 1. The van der Waals surface area contributed by atoms with Gasteiger partial charge in [0.25, 0.3) is 0 Å². The second-order valence-electron chi connectivity index (χ2n) is 6.50. The Labute approximate surface area is 148 Å². The second kappa shape index (κ2) is 8.03. The summed E-state index contributed by atoms with van der Waals surface area (Å²) in [6.07, 6.45) is 2.74. The van der Waals surface area contributed by atoms with Crippen LogP contribution in [-0.4, -0.2) is 57.4 Å². The van der Waals surface area contributed by atoms with Gasteiger partial charge in [-0.25, -0.2) is 10.9 Å². The van der Waals surface area contributed by atoms with Crippen molar-refractivity contribution in [1.29, 1.82) is 0 Å². The number of ether oxygens (including phenoxy) is 3. The second-order valence-corrected chi connectivity index (χ2v) is 6.50. The van der Waals surface area contributed by atoms with Gasteiger partial charge in [-0.15, -0.1) is 0 Å². The van der Waals surface area contributed by atoms with Crippen LogP contribution in [0.1, 0.15) is 30.9 Å². The number of rotatable bonds is 5. The van der Waals surface area contributed by atoms with E-state index < -0.39 is 0 Å². The molecule has 1 aromatic carbocycles. The summed E-state index contributed by atoms with van der Waals surface area (Å²) >= 11 is 0. The first kappa shape index (κ1) is 18.0. The highest BCUT2D eigenvalue weighted by Gasteiger charge is 2.35. The van der Waals surface area contributed by atoms with Gasteiger partial charge in [-0.1, -0.05) is 0 Å². The van der Waals surface area contributed by atoms with E-state index in [1.807, 2.05) is 23.1 Å². The number of nitrogens with zero attached hydrogens (tertiary/aromatic N) is 1. The smallest absolute Gasteiger partial charge is 0.241 e. The van der Waals surface area contributed by atoms with Gasteiger partial charge in [0.1, 0.15) is 17.5 Å². The van der Waals surface area contributed by atoms with E-state index in [2.05, 4.69) is 10.9 Å². The Kier molecular flexibility index (Phi) is 5.78. The standard InChI is InChI=1S/C18H27N3O4/c1-23-12-6-8-21(9-7-12)18(22)16-11-15(19-20-16)14-10-13(24-2)4-5-17(14)25-3/h4-5,10,12,15-16,19-20H,6-9,11H2,1-3H3. The van der Waals surface area contributed by atoms with Crippen LogP contribution >= 0.6 is 0 Å². The molecule has 0 radical (unpaired) electrons. The van der Waals surface area contributed by atoms with Crippen molar-refractivity contribution in [2.45, 2.75) is 37.5 Å². The zero-order valence-corrected chi connectivity index (χ0v) is 15.1. The number of hydrogen-bond donors (Lipinski definition) is 2. The van der Waals surface area contributed by atoms with Gasteiger partial charge in [-0.3, -0.25) is 4.79 Å². The molecule has 3 rings (SSSR count). The molecule has 2 heterocycles. The van der Waals surface area contributed by atoms with Gasteiger partial charge in [-0.2, -0.15) is 0 Å². The Hall–Kier alpha value is -1.83. The van der Waals surface area contributed by atoms with Crippen LogP contribution in [0.25, 0.3) is 0 Å². The molecule has 0 aliphatic carbocycles. The molecule has 2 atom stereocenters. The van der Waals surface area contributed by atoms with E-state index >= 15 is 0 Å². The molecule has 2 aliphatic heterocycles. The van der Waals surface area contributed by atoms with Crippen LogP contribution in [0.15, 0.2) is 18.2 Å². The first-order valence-electron chi connectivity index (χ1n) is 8.70. The molecule has 0 spiro atoms. The minimum atomic E-state index is -0.236. The molecule has 1 aromatic rings. The predicted octanol–water partition coefficient (Wildman–Crippen LogP) is 1.25. The lowest BCUT2D eigenvalue weighted by molar-refractivity contribution is -0.135. The number of hydrogen-bond acceptors (Lipinski definition) is 6. The zero-order valence-electron chi connectivity index (χ0n) is 15.1. The third-order valence-electron chi connectivity index (χ3n) is 5.10. The van der Waals surface area contributed by atoms with Crippen LogP contribution in [0.4, 0.5) is 0 Å². The molecule has 1 amide bonds. The molecule has 7 nitrogen and oxygen atoms in total. The van der Waals surface area contributed by atoms with Crippen molar-refractivity contribution in [3.8, 4) is 11.5 Å². The largest absolute Gasteiger partial charge is 0.497 e. The molecule has 2 N–H and O–H groups in total. The molecule has 0 saturated carbocycles. The van der Waals surface area contributed by atoms with E-state index in [0.29, 0.717) is 6.42 Å². The lowest BCUT2D eigenvalue weighted by Crippen LogP contribution is -2.49. The highest BCUT2D eigenvalue weighted by molar-refractivity contribution is 5.82. The molecule has 25 heavy (non-hydrogen) atoms. The molecular formula is C18H27N3O4. The van der Waals surface area contributed by atoms with Crippen molar-refractivity contribution in [3.05, 3.63) is 23.8 Å². The van der Waals surface area contributed by atoms with Crippen LogP contribution in [0.2, 0.25) is 0 Å². The van der Waals surface area contributed by atoms with Crippen LogP contribution in [-0.2, 0) is 9.53 Å². The molecule has 2 saturated heterocycles. The Morgan fingerprint density at radius 1 is 1.12 bits per heavy atom. The monoisotopic (exact) mass is 349 g/mol. The quantitative estimate of drug-likeness (QED) is 0.834. The summed E-state index contributed by atoms with van der Waals surface area (Å²) in [4.78, 5) is 14.7. The van der Waals surface area contributed by atoms with Gasteiger partial charge in [0.15, 0.2) is 0 Å². The van der Waals surface area contributed by atoms with Gasteiger partial charge in [-0.05, 0) is 37.5 Å². The Balaban J connectivity index is 1.65. The molecule has 2 unspecified atom stereocenters. The summed E-state index contributed by atoms with van der Waals surface area (Å²) in [5, 5.41) is 0. The van der Waals surface area contributed by atoms with E-state index in [-0.39, 0.29) is 24.1 Å². The number of carbonyl (C=O) groups is 1. The number of amides is 1. The normalized spacial score (nSPS) is 24.4. The Morgan fingerprint density at radius 3 is 2.52 bits per heavy atom. The predicted molar refractivity (Wildman–Crippen MR) is 93.6 cm³/mol. The van der Waals surface area contributed by atoms with Gasteiger partial charge >= 0.3 is 0 Å². The van der Waals surface area contributed by atoms with Crippen molar-refractivity contribution >= 4 is 5.91 Å². The molecule has 0 bridgehead atoms. The number of carbonyl (C=O) groups excluding carboxylic acids is 1.